The number of anilines is 1. The highest BCUT2D eigenvalue weighted by molar-refractivity contribution is 5.77. The van der Waals surface area contributed by atoms with E-state index in [9.17, 15) is 18.0 Å². The molecule has 1 aliphatic heterocycles. The van der Waals surface area contributed by atoms with Crippen molar-refractivity contribution in [2.75, 3.05) is 24.7 Å². The van der Waals surface area contributed by atoms with Crippen molar-refractivity contribution in [3.05, 3.63) is 29.3 Å². The van der Waals surface area contributed by atoms with E-state index in [1.54, 1.807) is 11.8 Å². The first-order chi connectivity index (χ1) is 9.86. The highest BCUT2D eigenvalue weighted by atomic mass is 19.4. The van der Waals surface area contributed by atoms with Gasteiger partial charge >= 0.3 is 6.18 Å². The Morgan fingerprint density at radius 1 is 1.48 bits per heavy atom. The van der Waals surface area contributed by atoms with Crippen LogP contribution in [0.25, 0.3) is 0 Å². The fourth-order valence-corrected chi connectivity index (χ4v) is 2.37. The molecule has 4 nitrogen and oxygen atoms in total. The third-order valence-electron chi connectivity index (χ3n) is 3.48. The summed E-state index contributed by atoms with van der Waals surface area (Å²) in [5.41, 5.74) is -0.870. The Morgan fingerprint density at radius 3 is 2.76 bits per heavy atom. The highest BCUT2D eigenvalue weighted by Crippen LogP contribution is 2.38. The van der Waals surface area contributed by atoms with Crippen LogP contribution in [0.5, 0.6) is 0 Å². The summed E-state index contributed by atoms with van der Waals surface area (Å²) in [6.45, 7) is 1.90. The average Bonchev–Trinajstić information content (AvgIpc) is 2.46. The summed E-state index contributed by atoms with van der Waals surface area (Å²) >= 11 is 0. The van der Waals surface area contributed by atoms with Gasteiger partial charge in [-0.15, -0.1) is 0 Å². The maximum atomic E-state index is 13.2. The number of alkyl halides is 3. The first kappa shape index (κ1) is 15.8. The summed E-state index contributed by atoms with van der Waals surface area (Å²) in [4.78, 5) is 12.3. The predicted molar refractivity (Wildman–Crippen MR) is 70.5 cm³/mol. The van der Waals surface area contributed by atoms with Crippen molar-refractivity contribution >= 4 is 12.0 Å². The first-order valence-electron chi connectivity index (χ1n) is 6.52. The van der Waals surface area contributed by atoms with E-state index in [2.05, 4.69) is 0 Å². The van der Waals surface area contributed by atoms with Gasteiger partial charge in [0.05, 0.1) is 24.9 Å². The summed E-state index contributed by atoms with van der Waals surface area (Å²) < 4.78 is 44.9. The number of rotatable bonds is 3. The van der Waals surface area contributed by atoms with Gasteiger partial charge in [0.1, 0.15) is 6.29 Å². The zero-order valence-electron chi connectivity index (χ0n) is 11.4. The van der Waals surface area contributed by atoms with Crippen LogP contribution in [-0.4, -0.2) is 43.3 Å². The first-order valence-corrected chi connectivity index (χ1v) is 6.52. The van der Waals surface area contributed by atoms with Gasteiger partial charge in [-0.05, 0) is 25.1 Å². The molecule has 1 heterocycles. The van der Waals surface area contributed by atoms with Crippen LogP contribution in [0.15, 0.2) is 18.2 Å². The van der Waals surface area contributed by atoms with Crippen LogP contribution in [0.2, 0.25) is 0 Å². The fourth-order valence-electron chi connectivity index (χ4n) is 2.37. The molecule has 1 aliphatic rings. The van der Waals surface area contributed by atoms with Gasteiger partial charge in [0.25, 0.3) is 0 Å². The number of aliphatic hydroxyl groups excluding tert-OH is 1. The van der Waals surface area contributed by atoms with E-state index in [1.165, 1.54) is 12.1 Å². The standard InChI is InChI=1S/C14H16F3NO3/c1-9-8-21-11(7-20)5-18(9)13-3-2-10(6-19)4-12(13)14(15,16)17/h2-4,6,9,11,20H,5,7-8H2,1H3. The minimum atomic E-state index is -4.55. The van der Waals surface area contributed by atoms with Gasteiger partial charge in [0, 0.05) is 23.8 Å². The molecule has 1 fully saturated rings. The van der Waals surface area contributed by atoms with Crippen LogP contribution in [-0.2, 0) is 10.9 Å². The molecule has 1 aromatic carbocycles. The van der Waals surface area contributed by atoms with Crippen molar-refractivity contribution in [1.29, 1.82) is 0 Å². The highest BCUT2D eigenvalue weighted by Gasteiger charge is 2.37. The second-order valence-electron chi connectivity index (χ2n) is 5.03. The molecule has 2 rings (SSSR count). The molecular formula is C14H16F3NO3. The number of carbonyl (C=O) groups excluding carboxylic acids is 1. The van der Waals surface area contributed by atoms with Crippen molar-refractivity contribution in [3.63, 3.8) is 0 Å². The lowest BCUT2D eigenvalue weighted by atomic mass is 10.0. The maximum Gasteiger partial charge on any atom is 0.418 e. The van der Waals surface area contributed by atoms with Crippen molar-refractivity contribution < 1.29 is 27.8 Å². The lowest BCUT2D eigenvalue weighted by Crippen LogP contribution is -2.50. The second kappa shape index (κ2) is 6.03. The van der Waals surface area contributed by atoms with E-state index in [4.69, 9.17) is 9.84 Å². The number of morpholine rings is 1. The van der Waals surface area contributed by atoms with Crippen molar-refractivity contribution in [2.45, 2.75) is 25.2 Å². The summed E-state index contributed by atoms with van der Waals surface area (Å²) in [7, 11) is 0. The molecular weight excluding hydrogens is 287 g/mol. The molecule has 7 heteroatoms. The molecule has 1 saturated heterocycles. The van der Waals surface area contributed by atoms with E-state index >= 15 is 0 Å². The fraction of sp³-hybridized carbons (Fsp3) is 0.500. The van der Waals surface area contributed by atoms with Crippen molar-refractivity contribution in [3.8, 4) is 0 Å². The molecule has 1 aromatic rings. The zero-order chi connectivity index (χ0) is 15.6. The number of aliphatic hydroxyl groups is 1. The monoisotopic (exact) mass is 303 g/mol. The number of carbonyl (C=O) groups is 1. The predicted octanol–water partition coefficient (Wildman–Crippen LogP) is 2.10. The molecule has 0 radical (unpaired) electrons. The van der Waals surface area contributed by atoms with Gasteiger partial charge in [0.2, 0.25) is 0 Å². The molecule has 21 heavy (non-hydrogen) atoms. The summed E-state index contributed by atoms with van der Waals surface area (Å²) in [6, 6.07) is 3.24. The molecule has 0 aliphatic carbocycles. The van der Waals surface area contributed by atoms with E-state index in [0.29, 0.717) is 6.29 Å². The van der Waals surface area contributed by atoms with Crippen molar-refractivity contribution in [2.24, 2.45) is 0 Å². The summed E-state index contributed by atoms with van der Waals surface area (Å²) in [5.74, 6) is 0. The molecule has 1 N–H and O–H groups in total. The number of hydrogen-bond acceptors (Lipinski definition) is 4. The van der Waals surface area contributed by atoms with Crippen LogP contribution < -0.4 is 4.90 Å². The topological polar surface area (TPSA) is 49.8 Å². The quantitative estimate of drug-likeness (QED) is 0.869. The maximum absolute atomic E-state index is 13.2. The molecule has 0 aromatic heterocycles. The summed E-state index contributed by atoms with van der Waals surface area (Å²) in [5, 5.41) is 9.13. The van der Waals surface area contributed by atoms with Crippen LogP contribution in [0.1, 0.15) is 22.8 Å². The number of nitrogens with zero attached hydrogens (tertiary/aromatic N) is 1. The Hall–Kier alpha value is -1.60. The lowest BCUT2D eigenvalue weighted by molar-refractivity contribution is -0.137. The van der Waals surface area contributed by atoms with Crippen LogP contribution in [0.4, 0.5) is 18.9 Å². The van der Waals surface area contributed by atoms with E-state index in [1.807, 2.05) is 0 Å². The van der Waals surface area contributed by atoms with Gasteiger partial charge in [-0.2, -0.15) is 13.2 Å². The van der Waals surface area contributed by atoms with E-state index in [0.717, 1.165) is 6.07 Å². The molecule has 2 unspecified atom stereocenters. The largest absolute Gasteiger partial charge is 0.418 e. The minimum absolute atomic E-state index is 0.00218. The average molecular weight is 303 g/mol. The van der Waals surface area contributed by atoms with Crippen LogP contribution in [0.3, 0.4) is 0 Å². The van der Waals surface area contributed by atoms with Gasteiger partial charge < -0.3 is 14.7 Å². The molecule has 116 valence electrons. The normalized spacial score (nSPS) is 23.2. The third-order valence-corrected chi connectivity index (χ3v) is 3.48. The second-order valence-corrected chi connectivity index (χ2v) is 5.03. The molecule has 0 saturated carbocycles. The minimum Gasteiger partial charge on any atom is -0.394 e. The SMILES string of the molecule is CC1COC(CO)CN1c1ccc(C=O)cc1C(F)(F)F. The van der Waals surface area contributed by atoms with E-state index < -0.39 is 17.8 Å². The Labute approximate surface area is 120 Å². The molecule has 0 amide bonds. The van der Waals surface area contributed by atoms with Gasteiger partial charge in [0.15, 0.2) is 0 Å². The molecule has 2 atom stereocenters. The molecule has 0 bridgehead atoms. The van der Waals surface area contributed by atoms with E-state index in [-0.39, 0.29) is 37.1 Å². The Kier molecular flexibility index (Phi) is 4.53. The third kappa shape index (κ3) is 3.36. The van der Waals surface area contributed by atoms with Gasteiger partial charge in [-0.1, -0.05) is 0 Å². The zero-order valence-corrected chi connectivity index (χ0v) is 11.4. The number of ether oxygens (including phenoxy) is 1. The van der Waals surface area contributed by atoms with Crippen LogP contribution in [0, 0.1) is 0 Å². The molecule has 0 spiro atoms. The van der Waals surface area contributed by atoms with Crippen LogP contribution >= 0.6 is 0 Å². The Bertz CT molecular complexity index is 519. The van der Waals surface area contributed by atoms with Gasteiger partial charge in [-0.3, -0.25) is 4.79 Å². The number of hydrogen-bond donors (Lipinski definition) is 1. The van der Waals surface area contributed by atoms with Gasteiger partial charge in [-0.25, -0.2) is 0 Å². The lowest BCUT2D eigenvalue weighted by Gasteiger charge is -2.40. The Morgan fingerprint density at radius 2 is 2.19 bits per heavy atom. The smallest absolute Gasteiger partial charge is 0.394 e. The number of benzene rings is 1. The number of halogens is 3. The summed E-state index contributed by atoms with van der Waals surface area (Å²) in [6.07, 6.45) is -4.69. The number of aldehydes is 1. The van der Waals surface area contributed by atoms with Crippen molar-refractivity contribution in [1.82, 2.24) is 0 Å². The Balaban J connectivity index is 2.44.